The number of primary sulfonamides is 1. The first kappa shape index (κ1) is 21.8. The summed E-state index contributed by atoms with van der Waals surface area (Å²) in [6.45, 7) is -0.700. The Bertz CT molecular complexity index is 1250. The molecule has 156 valence electrons. The average molecular weight is 469 g/mol. The summed E-state index contributed by atoms with van der Waals surface area (Å²) in [5.74, 6) is -1.98. The molecular weight excluding hydrogens is 455 g/mol. The number of fused-ring (bicyclic) bond motifs is 1. The minimum absolute atomic E-state index is 0.0691. The summed E-state index contributed by atoms with van der Waals surface area (Å²) < 4.78 is 27.7. The highest BCUT2D eigenvalue weighted by molar-refractivity contribution is 7.89. The number of nitrogens with two attached hydrogens (primary N) is 1. The number of hydrogen-bond acceptors (Lipinski definition) is 6. The van der Waals surface area contributed by atoms with E-state index in [2.05, 4.69) is 5.32 Å². The zero-order valence-corrected chi connectivity index (χ0v) is 17.4. The lowest BCUT2D eigenvalue weighted by molar-refractivity contribution is -0.119. The van der Waals surface area contributed by atoms with Crippen LogP contribution in [0.25, 0.3) is 10.8 Å². The number of rotatable bonds is 5. The molecule has 30 heavy (non-hydrogen) atoms. The number of phenols is 1. The van der Waals surface area contributed by atoms with Crippen LogP contribution in [0.1, 0.15) is 10.4 Å². The molecule has 0 aromatic heterocycles. The fourth-order valence-electron chi connectivity index (χ4n) is 2.61. The van der Waals surface area contributed by atoms with Gasteiger partial charge in [0, 0.05) is 0 Å². The van der Waals surface area contributed by atoms with E-state index in [-0.39, 0.29) is 31.9 Å². The van der Waals surface area contributed by atoms with Gasteiger partial charge in [0.2, 0.25) is 10.0 Å². The number of hydrogen-bond donors (Lipinski definition) is 3. The minimum atomic E-state index is -4.04. The molecule has 0 heterocycles. The first-order valence-corrected chi connectivity index (χ1v) is 10.6. The van der Waals surface area contributed by atoms with Crippen molar-refractivity contribution in [3.05, 3.63) is 64.1 Å². The molecule has 0 spiro atoms. The molecule has 3 aromatic rings. The Morgan fingerprint density at radius 1 is 1.03 bits per heavy atom. The molecule has 0 aliphatic carbocycles. The van der Waals surface area contributed by atoms with Crippen LogP contribution in [0.2, 0.25) is 10.0 Å². The van der Waals surface area contributed by atoms with Gasteiger partial charge in [-0.25, -0.2) is 18.4 Å². The SMILES string of the molecule is NS(=O)(=O)c1cc(Cl)c(NC(=O)COC(=O)c2cc3ccccc3cc2O)c(Cl)c1. The molecule has 4 N–H and O–H groups in total. The maximum atomic E-state index is 12.3. The van der Waals surface area contributed by atoms with E-state index in [0.717, 1.165) is 17.5 Å². The highest BCUT2D eigenvalue weighted by Crippen LogP contribution is 2.33. The highest BCUT2D eigenvalue weighted by Gasteiger charge is 2.19. The third-order valence-corrected chi connectivity index (χ3v) is 5.52. The minimum Gasteiger partial charge on any atom is -0.507 e. The Labute approximate surface area is 181 Å². The second-order valence-corrected chi connectivity index (χ2v) is 8.52. The molecule has 0 aliphatic rings. The maximum Gasteiger partial charge on any atom is 0.342 e. The molecule has 0 saturated carbocycles. The van der Waals surface area contributed by atoms with Crippen molar-refractivity contribution in [2.45, 2.75) is 4.90 Å². The van der Waals surface area contributed by atoms with Crippen LogP contribution in [0.5, 0.6) is 5.75 Å². The van der Waals surface area contributed by atoms with Gasteiger partial charge < -0.3 is 15.2 Å². The maximum absolute atomic E-state index is 12.3. The van der Waals surface area contributed by atoms with Gasteiger partial charge in [0.25, 0.3) is 5.91 Å². The summed E-state index contributed by atoms with van der Waals surface area (Å²) >= 11 is 11.9. The normalized spacial score (nSPS) is 11.3. The van der Waals surface area contributed by atoms with E-state index < -0.39 is 28.5 Å². The molecule has 0 bridgehead atoms. The lowest BCUT2D eigenvalue weighted by Gasteiger charge is -2.12. The first-order valence-electron chi connectivity index (χ1n) is 8.27. The first-order chi connectivity index (χ1) is 14.1. The van der Waals surface area contributed by atoms with Crippen LogP contribution < -0.4 is 10.5 Å². The van der Waals surface area contributed by atoms with Gasteiger partial charge in [0.15, 0.2) is 6.61 Å². The van der Waals surface area contributed by atoms with Gasteiger partial charge in [0.1, 0.15) is 11.3 Å². The van der Waals surface area contributed by atoms with Crippen molar-refractivity contribution in [1.29, 1.82) is 0 Å². The number of esters is 1. The van der Waals surface area contributed by atoms with Crippen molar-refractivity contribution in [3.63, 3.8) is 0 Å². The van der Waals surface area contributed by atoms with Gasteiger partial charge in [-0.15, -0.1) is 0 Å². The number of aromatic hydroxyl groups is 1. The molecule has 3 aromatic carbocycles. The number of sulfonamides is 1. The molecule has 0 atom stereocenters. The lowest BCUT2D eigenvalue weighted by atomic mass is 10.1. The third-order valence-electron chi connectivity index (χ3n) is 4.03. The van der Waals surface area contributed by atoms with Crippen molar-refractivity contribution in [2.75, 3.05) is 11.9 Å². The van der Waals surface area contributed by atoms with E-state index in [1.807, 2.05) is 0 Å². The Balaban J connectivity index is 1.71. The van der Waals surface area contributed by atoms with Crippen LogP contribution in [-0.2, 0) is 19.6 Å². The number of anilines is 1. The highest BCUT2D eigenvalue weighted by atomic mass is 35.5. The van der Waals surface area contributed by atoms with Crippen LogP contribution >= 0.6 is 23.2 Å². The number of carbonyl (C=O) groups is 2. The predicted molar refractivity (Wildman–Crippen MR) is 112 cm³/mol. The smallest absolute Gasteiger partial charge is 0.342 e. The molecule has 0 aliphatic heterocycles. The summed E-state index contributed by atoms with van der Waals surface area (Å²) in [5, 5.41) is 18.5. The van der Waals surface area contributed by atoms with Gasteiger partial charge in [-0.3, -0.25) is 4.79 Å². The fourth-order valence-corrected chi connectivity index (χ4v) is 3.88. The predicted octanol–water partition coefficient (Wildman–Crippen LogP) is 3.30. The molecule has 11 heteroatoms. The van der Waals surface area contributed by atoms with E-state index in [1.165, 1.54) is 12.1 Å². The van der Waals surface area contributed by atoms with E-state index in [4.69, 9.17) is 33.1 Å². The molecule has 0 unspecified atom stereocenters. The van der Waals surface area contributed by atoms with Gasteiger partial charge in [0.05, 0.1) is 20.6 Å². The zero-order valence-electron chi connectivity index (χ0n) is 15.1. The van der Waals surface area contributed by atoms with Crippen molar-refractivity contribution >= 4 is 61.6 Å². The summed E-state index contributed by atoms with van der Waals surface area (Å²) in [7, 11) is -4.04. The summed E-state index contributed by atoms with van der Waals surface area (Å²) in [5.41, 5.74) is -0.171. The summed E-state index contributed by atoms with van der Waals surface area (Å²) in [6, 6.07) is 12.0. The van der Waals surface area contributed by atoms with Crippen LogP contribution in [0.15, 0.2) is 53.4 Å². The molecule has 3 rings (SSSR count). The van der Waals surface area contributed by atoms with Crippen molar-refractivity contribution in [1.82, 2.24) is 0 Å². The van der Waals surface area contributed by atoms with Gasteiger partial charge in [-0.1, -0.05) is 47.5 Å². The van der Waals surface area contributed by atoms with Gasteiger partial charge in [-0.05, 0) is 35.0 Å². The molecule has 0 radical (unpaired) electrons. The average Bonchev–Trinajstić information content (AvgIpc) is 2.67. The molecule has 1 amide bonds. The lowest BCUT2D eigenvalue weighted by Crippen LogP contribution is -2.21. The quantitative estimate of drug-likeness (QED) is 0.491. The number of phenolic OH excluding ortho intramolecular Hbond substituents is 1. The Morgan fingerprint density at radius 2 is 1.60 bits per heavy atom. The van der Waals surface area contributed by atoms with Crippen LogP contribution in [-0.4, -0.2) is 32.0 Å². The van der Waals surface area contributed by atoms with E-state index >= 15 is 0 Å². The molecule has 0 saturated heterocycles. The van der Waals surface area contributed by atoms with Gasteiger partial charge in [-0.2, -0.15) is 0 Å². The van der Waals surface area contributed by atoms with Crippen LogP contribution in [0, 0.1) is 0 Å². The standard InChI is InChI=1S/C19H14Cl2N2O6S/c20-14-7-12(30(22,27)28)8-15(21)18(14)23-17(25)9-29-19(26)13-5-10-3-1-2-4-11(10)6-16(13)24/h1-8,24H,9H2,(H,23,25)(H2,22,27,28). The second-order valence-electron chi connectivity index (χ2n) is 6.15. The van der Waals surface area contributed by atoms with Crippen molar-refractivity contribution < 1.29 is 27.9 Å². The zero-order chi connectivity index (χ0) is 22.1. The van der Waals surface area contributed by atoms with Crippen molar-refractivity contribution in [2.24, 2.45) is 5.14 Å². The number of halogens is 2. The fraction of sp³-hybridized carbons (Fsp3) is 0.0526. The van der Waals surface area contributed by atoms with E-state index in [9.17, 15) is 23.1 Å². The molecule has 8 nitrogen and oxygen atoms in total. The van der Waals surface area contributed by atoms with Gasteiger partial charge >= 0.3 is 5.97 Å². The Hall–Kier alpha value is -2.85. The number of benzene rings is 3. The topological polar surface area (TPSA) is 136 Å². The number of nitrogens with one attached hydrogen (secondary N) is 1. The Morgan fingerprint density at radius 3 is 2.17 bits per heavy atom. The summed E-state index contributed by atoms with van der Waals surface area (Å²) in [6.07, 6.45) is 0. The third kappa shape index (κ3) is 4.82. The largest absolute Gasteiger partial charge is 0.507 e. The molecular formula is C19H14Cl2N2O6S. The van der Waals surface area contributed by atoms with E-state index in [0.29, 0.717) is 5.39 Å². The summed E-state index contributed by atoms with van der Waals surface area (Å²) in [4.78, 5) is 24.1. The van der Waals surface area contributed by atoms with E-state index in [1.54, 1.807) is 24.3 Å². The monoisotopic (exact) mass is 468 g/mol. The molecule has 0 fully saturated rings. The second kappa shape index (κ2) is 8.49. The van der Waals surface area contributed by atoms with Crippen LogP contribution in [0.3, 0.4) is 0 Å². The number of ether oxygens (including phenoxy) is 1. The van der Waals surface area contributed by atoms with Crippen molar-refractivity contribution in [3.8, 4) is 5.75 Å². The Kier molecular flexibility index (Phi) is 6.18. The number of carbonyl (C=O) groups excluding carboxylic acids is 2. The van der Waals surface area contributed by atoms with Crippen LogP contribution in [0.4, 0.5) is 5.69 Å². The number of amides is 1.